The molecule has 0 spiro atoms. The highest BCUT2D eigenvalue weighted by atomic mass is 16.3. The van der Waals surface area contributed by atoms with Crippen LogP contribution in [-0.2, 0) is 17.6 Å². The summed E-state index contributed by atoms with van der Waals surface area (Å²) in [7, 11) is 0. The summed E-state index contributed by atoms with van der Waals surface area (Å²) in [6.07, 6.45) is 4.93. The summed E-state index contributed by atoms with van der Waals surface area (Å²) in [5, 5.41) is 10.3. The molecule has 0 saturated heterocycles. The van der Waals surface area contributed by atoms with E-state index in [2.05, 4.69) is 35.9 Å². The van der Waals surface area contributed by atoms with E-state index in [0.29, 0.717) is 17.8 Å². The number of hydrogen-bond acceptors (Lipinski definition) is 4. The lowest BCUT2D eigenvalue weighted by Gasteiger charge is -2.25. The number of aliphatic hydroxyl groups excluding tert-OH is 1. The molecule has 1 N–H and O–H groups in total. The Balaban J connectivity index is 1.76. The zero-order valence-electron chi connectivity index (χ0n) is 15.4. The van der Waals surface area contributed by atoms with Crippen molar-refractivity contribution in [3.8, 4) is 0 Å². The van der Waals surface area contributed by atoms with Gasteiger partial charge < -0.3 is 10.0 Å². The van der Waals surface area contributed by atoms with Gasteiger partial charge in [-0.3, -0.25) is 4.79 Å². The van der Waals surface area contributed by atoms with Gasteiger partial charge in [-0.15, -0.1) is 0 Å². The Labute approximate surface area is 154 Å². The fourth-order valence-corrected chi connectivity index (χ4v) is 3.43. The highest BCUT2D eigenvalue weighted by Gasteiger charge is 2.34. The van der Waals surface area contributed by atoms with Crippen molar-refractivity contribution in [1.29, 1.82) is 0 Å². The Morgan fingerprint density at radius 2 is 1.85 bits per heavy atom. The van der Waals surface area contributed by atoms with E-state index in [1.54, 1.807) is 4.90 Å². The fraction of sp³-hybridized carbons (Fsp3) is 0.381. The number of carbonyl (C=O) groups is 1. The molecule has 0 aliphatic carbocycles. The molecule has 1 aromatic heterocycles. The minimum absolute atomic E-state index is 0.140. The number of benzene rings is 1. The van der Waals surface area contributed by atoms with Crippen LogP contribution in [0.15, 0.2) is 48.5 Å². The maximum atomic E-state index is 12.4. The van der Waals surface area contributed by atoms with Crippen molar-refractivity contribution in [2.24, 2.45) is 0 Å². The van der Waals surface area contributed by atoms with E-state index >= 15 is 0 Å². The summed E-state index contributed by atoms with van der Waals surface area (Å²) in [6.45, 7) is 4.53. The van der Waals surface area contributed by atoms with Crippen LogP contribution in [-0.4, -0.2) is 38.5 Å². The van der Waals surface area contributed by atoms with Gasteiger partial charge in [0.2, 0.25) is 0 Å². The quantitative estimate of drug-likeness (QED) is 0.828. The van der Waals surface area contributed by atoms with Gasteiger partial charge in [-0.25, -0.2) is 9.97 Å². The third-order valence-electron chi connectivity index (χ3n) is 5.01. The third-order valence-corrected chi connectivity index (χ3v) is 5.01. The number of rotatable bonds is 7. The molecule has 0 unspecified atom stereocenters. The maximum absolute atomic E-state index is 12.4. The van der Waals surface area contributed by atoms with Gasteiger partial charge in [0, 0.05) is 17.3 Å². The van der Waals surface area contributed by atoms with Gasteiger partial charge >= 0.3 is 0 Å². The molecule has 2 heterocycles. The summed E-state index contributed by atoms with van der Waals surface area (Å²) < 4.78 is 0. The van der Waals surface area contributed by atoms with E-state index in [1.807, 2.05) is 24.3 Å². The number of aliphatic hydroxyl groups is 1. The van der Waals surface area contributed by atoms with E-state index in [-0.39, 0.29) is 17.7 Å². The van der Waals surface area contributed by atoms with Crippen molar-refractivity contribution in [3.05, 3.63) is 65.4 Å². The highest BCUT2D eigenvalue weighted by Crippen LogP contribution is 2.28. The molecule has 2 aromatic rings. The number of amides is 1. The van der Waals surface area contributed by atoms with Crippen LogP contribution >= 0.6 is 0 Å². The molecule has 1 aromatic carbocycles. The number of nitrogens with zero attached hydrogens (tertiary/aromatic N) is 3. The average Bonchev–Trinajstić information content (AvgIpc) is 2.98. The zero-order chi connectivity index (χ0) is 18.5. The molecule has 5 heteroatoms. The second-order valence-corrected chi connectivity index (χ2v) is 6.61. The number of aryl methyl sites for hydroxylation is 2. The molecule has 136 valence electrons. The third kappa shape index (κ3) is 3.77. The highest BCUT2D eigenvalue weighted by molar-refractivity contribution is 6.03. The van der Waals surface area contributed by atoms with Crippen molar-refractivity contribution in [1.82, 2.24) is 14.9 Å². The number of hydrogen-bond donors (Lipinski definition) is 1. The Bertz CT molecular complexity index is 798. The van der Waals surface area contributed by atoms with Gasteiger partial charge in [-0.1, -0.05) is 44.2 Å². The Kier molecular flexibility index (Phi) is 5.66. The van der Waals surface area contributed by atoms with Crippen LogP contribution in [0, 0.1) is 0 Å². The van der Waals surface area contributed by atoms with Crippen molar-refractivity contribution in [3.63, 3.8) is 0 Å². The Morgan fingerprint density at radius 1 is 1.12 bits per heavy atom. The normalized spacial score (nSPS) is 14.6. The predicted molar refractivity (Wildman–Crippen MR) is 102 cm³/mol. The van der Waals surface area contributed by atoms with E-state index in [0.717, 1.165) is 31.4 Å². The van der Waals surface area contributed by atoms with Crippen LogP contribution in [0.2, 0.25) is 0 Å². The lowest BCUT2D eigenvalue weighted by molar-refractivity contribution is -0.130. The summed E-state index contributed by atoms with van der Waals surface area (Å²) in [4.78, 5) is 22.8. The first kappa shape index (κ1) is 18.1. The molecule has 1 aliphatic heterocycles. The van der Waals surface area contributed by atoms with Gasteiger partial charge in [-0.2, -0.15) is 0 Å². The van der Waals surface area contributed by atoms with Crippen LogP contribution < -0.4 is 0 Å². The van der Waals surface area contributed by atoms with Crippen LogP contribution in [0.1, 0.15) is 43.6 Å². The van der Waals surface area contributed by atoms with Crippen molar-refractivity contribution in [2.75, 3.05) is 6.54 Å². The van der Waals surface area contributed by atoms with Gasteiger partial charge in [0.15, 0.2) is 5.76 Å². The summed E-state index contributed by atoms with van der Waals surface area (Å²) in [5.74, 6) is -0.470. The average molecular weight is 351 g/mol. The SMILES string of the molecule is CCC(CC)N1CC(c2cc(CCc3ccccc3)ncn2)=C(O)C1=O. The van der Waals surface area contributed by atoms with Crippen LogP contribution in [0.4, 0.5) is 0 Å². The molecular formula is C21H25N3O2. The van der Waals surface area contributed by atoms with Gasteiger partial charge in [-0.05, 0) is 37.3 Å². The first-order valence-corrected chi connectivity index (χ1v) is 9.22. The molecule has 0 atom stereocenters. The first-order valence-electron chi connectivity index (χ1n) is 9.22. The van der Waals surface area contributed by atoms with E-state index in [1.165, 1.54) is 11.9 Å². The maximum Gasteiger partial charge on any atom is 0.289 e. The lowest BCUT2D eigenvalue weighted by Crippen LogP contribution is -2.37. The smallest absolute Gasteiger partial charge is 0.289 e. The molecule has 1 amide bonds. The molecule has 3 rings (SSSR count). The van der Waals surface area contributed by atoms with Crippen molar-refractivity contribution in [2.45, 2.75) is 45.6 Å². The largest absolute Gasteiger partial charge is 0.503 e. The van der Waals surface area contributed by atoms with E-state index in [4.69, 9.17) is 0 Å². The van der Waals surface area contributed by atoms with Crippen LogP contribution in [0.25, 0.3) is 5.57 Å². The van der Waals surface area contributed by atoms with E-state index < -0.39 is 0 Å². The monoisotopic (exact) mass is 351 g/mol. The Morgan fingerprint density at radius 3 is 2.54 bits per heavy atom. The second-order valence-electron chi connectivity index (χ2n) is 6.61. The molecule has 0 fully saturated rings. The first-order chi connectivity index (χ1) is 12.6. The van der Waals surface area contributed by atoms with Crippen molar-refractivity contribution < 1.29 is 9.90 Å². The molecule has 0 bridgehead atoms. The molecule has 0 saturated carbocycles. The second kappa shape index (κ2) is 8.13. The summed E-state index contributed by atoms with van der Waals surface area (Å²) in [6, 6.07) is 12.3. The van der Waals surface area contributed by atoms with Gasteiger partial charge in [0.25, 0.3) is 5.91 Å². The van der Waals surface area contributed by atoms with Crippen LogP contribution in [0.5, 0.6) is 0 Å². The summed E-state index contributed by atoms with van der Waals surface area (Å²) in [5.41, 5.74) is 3.41. The molecule has 5 nitrogen and oxygen atoms in total. The molecule has 1 aliphatic rings. The summed E-state index contributed by atoms with van der Waals surface area (Å²) >= 11 is 0. The molecule has 0 radical (unpaired) electrons. The zero-order valence-corrected chi connectivity index (χ0v) is 15.4. The minimum atomic E-state index is -0.293. The van der Waals surface area contributed by atoms with Gasteiger partial charge in [0.1, 0.15) is 6.33 Å². The molecular weight excluding hydrogens is 326 g/mol. The minimum Gasteiger partial charge on any atom is -0.503 e. The molecule has 26 heavy (non-hydrogen) atoms. The number of carbonyl (C=O) groups excluding carboxylic acids is 1. The lowest BCUT2D eigenvalue weighted by atomic mass is 10.1. The predicted octanol–water partition coefficient (Wildman–Crippen LogP) is 3.56. The fourth-order valence-electron chi connectivity index (χ4n) is 3.43. The van der Waals surface area contributed by atoms with Crippen LogP contribution in [0.3, 0.4) is 0 Å². The topological polar surface area (TPSA) is 66.3 Å². The standard InChI is InChI=1S/C21H25N3O2/c1-3-17(4-2)24-13-18(20(25)21(24)26)19-12-16(22-14-23-19)11-10-15-8-6-5-7-9-15/h5-9,12,14,17,25H,3-4,10-11,13H2,1-2H3. The Hall–Kier alpha value is -2.69. The number of aromatic nitrogens is 2. The van der Waals surface area contributed by atoms with Crippen molar-refractivity contribution >= 4 is 11.5 Å². The van der Waals surface area contributed by atoms with E-state index in [9.17, 15) is 9.90 Å². The van der Waals surface area contributed by atoms with Gasteiger partial charge in [0.05, 0.1) is 12.2 Å².